The molecule has 1 aromatic rings. The highest BCUT2D eigenvalue weighted by Gasteiger charge is 2.59. The lowest BCUT2D eigenvalue weighted by Crippen LogP contribution is -2.39. The summed E-state index contributed by atoms with van der Waals surface area (Å²) in [5, 5.41) is 2.41. The Bertz CT molecular complexity index is 764. The molecule has 5 nitrogen and oxygen atoms in total. The summed E-state index contributed by atoms with van der Waals surface area (Å²) in [5.41, 5.74) is 0.0178. The van der Waals surface area contributed by atoms with Crippen molar-refractivity contribution in [2.24, 2.45) is 23.7 Å². The van der Waals surface area contributed by atoms with Gasteiger partial charge in [-0.15, -0.1) is 0 Å². The van der Waals surface area contributed by atoms with Crippen molar-refractivity contribution < 1.29 is 18.8 Å². The highest BCUT2D eigenvalue weighted by molar-refractivity contribution is 9.10. The number of nitrogens with zero attached hydrogens (tertiary/aromatic N) is 1. The summed E-state index contributed by atoms with van der Waals surface area (Å²) in [4.78, 5) is 38.2. The van der Waals surface area contributed by atoms with E-state index in [-0.39, 0.29) is 47.7 Å². The molecule has 0 aromatic heterocycles. The lowest BCUT2D eigenvalue weighted by molar-refractivity contribution is -0.143. The molecule has 1 N–H and O–H groups in total. The molecule has 7 heteroatoms. The van der Waals surface area contributed by atoms with Crippen LogP contribution in [-0.4, -0.2) is 29.2 Å². The Morgan fingerprint density at radius 3 is 2.42 bits per heavy atom. The molecule has 3 aliphatic rings. The molecule has 2 bridgehead atoms. The third-order valence-corrected chi connectivity index (χ3v) is 5.56. The summed E-state index contributed by atoms with van der Waals surface area (Å²) in [7, 11) is 0. The topological polar surface area (TPSA) is 66.5 Å². The van der Waals surface area contributed by atoms with Crippen LogP contribution in [0.5, 0.6) is 0 Å². The number of nitrogens with one attached hydrogen (secondary N) is 1. The van der Waals surface area contributed by atoms with Crippen LogP contribution >= 0.6 is 15.9 Å². The quantitative estimate of drug-likeness (QED) is 0.633. The molecule has 4 atom stereocenters. The first-order chi connectivity index (χ1) is 11.5. The number of fused-ring (bicyclic) bond motifs is 5. The Morgan fingerprint density at radius 1 is 1.21 bits per heavy atom. The minimum atomic E-state index is -0.587. The van der Waals surface area contributed by atoms with Gasteiger partial charge in [-0.25, -0.2) is 4.39 Å². The molecule has 124 valence electrons. The third-order valence-electron chi connectivity index (χ3n) is 5.07. The van der Waals surface area contributed by atoms with Crippen LogP contribution in [0.1, 0.15) is 6.42 Å². The van der Waals surface area contributed by atoms with Crippen LogP contribution in [0.25, 0.3) is 0 Å². The lowest BCUT2D eigenvalue weighted by Gasteiger charge is -2.17. The number of carbonyl (C=O) groups excluding carboxylic acids is 3. The van der Waals surface area contributed by atoms with Crippen molar-refractivity contribution in [2.75, 3.05) is 11.9 Å². The van der Waals surface area contributed by atoms with E-state index in [4.69, 9.17) is 0 Å². The van der Waals surface area contributed by atoms with Gasteiger partial charge in [-0.3, -0.25) is 19.3 Å². The largest absolute Gasteiger partial charge is 0.322 e. The highest BCUT2D eigenvalue weighted by atomic mass is 79.9. The fourth-order valence-electron chi connectivity index (χ4n) is 4.04. The zero-order chi connectivity index (χ0) is 17.0. The molecule has 1 heterocycles. The van der Waals surface area contributed by atoms with Crippen molar-refractivity contribution in [3.63, 3.8) is 0 Å². The minimum Gasteiger partial charge on any atom is -0.322 e. The van der Waals surface area contributed by atoms with Crippen LogP contribution in [0.15, 0.2) is 34.8 Å². The van der Waals surface area contributed by atoms with Gasteiger partial charge < -0.3 is 5.32 Å². The van der Waals surface area contributed by atoms with E-state index < -0.39 is 11.7 Å². The smallest absolute Gasteiger partial charge is 0.244 e. The molecule has 24 heavy (non-hydrogen) atoms. The Balaban J connectivity index is 1.47. The summed E-state index contributed by atoms with van der Waals surface area (Å²) < 4.78 is 14.3. The number of allylic oxidation sites excluding steroid dienone is 2. The van der Waals surface area contributed by atoms with E-state index in [0.717, 1.165) is 11.3 Å². The number of imide groups is 1. The van der Waals surface area contributed by atoms with Crippen molar-refractivity contribution in [1.82, 2.24) is 4.90 Å². The third kappa shape index (κ3) is 2.30. The van der Waals surface area contributed by atoms with Gasteiger partial charge in [0.25, 0.3) is 0 Å². The summed E-state index contributed by atoms with van der Waals surface area (Å²) in [6.45, 7) is -0.375. The van der Waals surface area contributed by atoms with Crippen molar-refractivity contribution in [2.45, 2.75) is 6.42 Å². The standard InChI is InChI=1S/C17H14BrFN2O3/c18-10-3-4-12(11(19)6-10)20-13(22)7-21-16(23)14-8-1-2-9(5-8)15(14)17(21)24/h1-4,6,8-9,14-15H,5,7H2,(H,20,22)/t8-,9-,14-,15-/m0/s1. The van der Waals surface area contributed by atoms with Crippen molar-refractivity contribution in [3.8, 4) is 0 Å². The highest BCUT2D eigenvalue weighted by Crippen LogP contribution is 2.52. The van der Waals surface area contributed by atoms with E-state index in [1.54, 1.807) is 6.07 Å². The van der Waals surface area contributed by atoms with Gasteiger partial charge in [0.15, 0.2) is 0 Å². The van der Waals surface area contributed by atoms with Gasteiger partial charge in [-0.2, -0.15) is 0 Å². The maximum atomic E-state index is 13.8. The number of amides is 3. The Hall–Kier alpha value is -2.02. The number of benzene rings is 1. The number of carbonyl (C=O) groups is 3. The lowest BCUT2D eigenvalue weighted by atomic mass is 9.85. The Morgan fingerprint density at radius 2 is 1.83 bits per heavy atom. The monoisotopic (exact) mass is 392 g/mol. The summed E-state index contributed by atoms with van der Waals surface area (Å²) >= 11 is 3.14. The van der Waals surface area contributed by atoms with E-state index in [1.165, 1.54) is 12.1 Å². The fourth-order valence-corrected chi connectivity index (χ4v) is 4.38. The van der Waals surface area contributed by atoms with E-state index >= 15 is 0 Å². The summed E-state index contributed by atoms with van der Waals surface area (Å²) in [5.74, 6) is -2.19. The molecule has 1 aromatic carbocycles. The Labute approximate surface area is 146 Å². The molecule has 2 fully saturated rings. The molecular weight excluding hydrogens is 379 g/mol. The second kappa shape index (κ2) is 5.51. The molecule has 0 radical (unpaired) electrons. The second-order valence-electron chi connectivity index (χ2n) is 6.43. The predicted molar refractivity (Wildman–Crippen MR) is 87.2 cm³/mol. The summed E-state index contributed by atoms with van der Waals surface area (Å²) in [6, 6.07) is 4.25. The van der Waals surface area contributed by atoms with Crippen LogP contribution in [0.3, 0.4) is 0 Å². The first-order valence-electron chi connectivity index (χ1n) is 7.74. The van der Waals surface area contributed by atoms with Gasteiger partial charge >= 0.3 is 0 Å². The summed E-state index contributed by atoms with van der Waals surface area (Å²) in [6.07, 6.45) is 4.84. The maximum Gasteiger partial charge on any atom is 0.244 e. The normalized spacial score (nSPS) is 30.2. The molecule has 1 saturated carbocycles. The second-order valence-corrected chi connectivity index (χ2v) is 7.35. The molecule has 0 unspecified atom stereocenters. The van der Waals surface area contributed by atoms with Gasteiger partial charge in [0.1, 0.15) is 12.4 Å². The SMILES string of the molecule is O=C(CN1C(=O)[C@@H]2[C@@H](C1=O)[C@H]1C=C[C@H]2C1)Nc1ccc(Br)cc1F. The predicted octanol–water partition coefficient (Wildman–Crippen LogP) is 2.33. The average molecular weight is 393 g/mol. The van der Waals surface area contributed by atoms with Gasteiger partial charge in [-0.1, -0.05) is 28.1 Å². The molecule has 1 saturated heterocycles. The van der Waals surface area contributed by atoms with Crippen LogP contribution < -0.4 is 5.32 Å². The fraction of sp³-hybridized carbons (Fsp3) is 0.353. The number of hydrogen-bond donors (Lipinski definition) is 1. The molecule has 4 rings (SSSR count). The van der Waals surface area contributed by atoms with Crippen LogP contribution in [0.2, 0.25) is 0 Å². The first kappa shape index (κ1) is 15.5. The van der Waals surface area contributed by atoms with Crippen LogP contribution in [0.4, 0.5) is 10.1 Å². The van der Waals surface area contributed by atoms with Crippen molar-refractivity contribution in [1.29, 1.82) is 0 Å². The number of halogens is 2. The molecule has 3 amide bonds. The number of hydrogen-bond acceptors (Lipinski definition) is 3. The number of likely N-dealkylation sites (tertiary alicyclic amines) is 1. The van der Waals surface area contributed by atoms with Gasteiger partial charge in [0.2, 0.25) is 17.7 Å². The zero-order valence-corrected chi connectivity index (χ0v) is 14.1. The minimum absolute atomic E-state index is 0.0178. The van der Waals surface area contributed by atoms with Crippen LogP contribution in [-0.2, 0) is 14.4 Å². The van der Waals surface area contributed by atoms with E-state index in [1.807, 2.05) is 12.2 Å². The zero-order valence-electron chi connectivity index (χ0n) is 12.5. The van der Waals surface area contributed by atoms with Gasteiger partial charge in [-0.05, 0) is 36.5 Å². The van der Waals surface area contributed by atoms with Crippen LogP contribution in [0, 0.1) is 29.5 Å². The van der Waals surface area contributed by atoms with E-state index in [2.05, 4.69) is 21.2 Å². The molecular formula is C17H14BrFN2O3. The first-order valence-corrected chi connectivity index (χ1v) is 8.53. The van der Waals surface area contributed by atoms with E-state index in [0.29, 0.717) is 4.47 Å². The average Bonchev–Trinajstić information content (AvgIpc) is 3.20. The van der Waals surface area contributed by atoms with E-state index in [9.17, 15) is 18.8 Å². The molecule has 1 aliphatic heterocycles. The molecule has 0 spiro atoms. The van der Waals surface area contributed by atoms with Crippen molar-refractivity contribution in [3.05, 3.63) is 40.6 Å². The van der Waals surface area contributed by atoms with Gasteiger partial charge in [0, 0.05) is 4.47 Å². The maximum absolute atomic E-state index is 13.8. The number of anilines is 1. The van der Waals surface area contributed by atoms with Gasteiger partial charge in [0.05, 0.1) is 17.5 Å². The molecule has 2 aliphatic carbocycles. The number of rotatable bonds is 3. The van der Waals surface area contributed by atoms with Crippen molar-refractivity contribution >= 4 is 39.3 Å². The Kier molecular flexibility index (Phi) is 3.56.